The number of hydrogen-bond donors (Lipinski definition) is 1. The second-order valence-corrected chi connectivity index (χ2v) is 13.4. The van der Waals surface area contributed by atoms with Crippen LogP contribution in [0.3, 0.4) is 0 Å². The van der Waals surface area contributed by atoms with Gasteiger partial charge in [-0.15, -0.1) is 11.3 Å². The first-order valence-electron chi connectivity index (χ1n) is 13.9. The molecule has 0 aliphatic carbocycles. The van der Waals surface area contributed by atoms with Crippen LogP contribution in [-0.2, 0) is 21.0 Å². The number of nitrogens with one attached hydrogen (secondary N) is 1. The van der Waals surface area contributed by atoms with E-state index in [0.29, 0.717) is 18.7 Å². The largest absolute Gasteiger partial charge is 0.416 e. The lowest BCUT2D eigenvalue weighted by Crippen LogP contribution is -2.35. The number of anilines is 1. The predicted molar refractivity (Wildman–Crippen MR) is 166 cm³/mol. The number of carbonyl (C=O) groups is 1. The summed E-state index contributed by atoms with van der Waals surface area (Å²) in [5.74, 6) is -0.964. The standard InChI is InChI=1S/C32H27F3N4O4S2/c1-21-11-13-22(14-12-21)17-28-30(41)39(25-9-5-7-23(18-25)32(33,34)35)31(44-28)27(20-36)29(40)37-24-8-6-10-26(19-24)45(42,43)38-15-3-2-4-16-38/h5-14,17-19H,2-4,15-16H2,1H3,(H,37,40)/b28-17+,31-27+. The minimum atomic E-state index is -4.70. The molecule has 1 aliphatic rings. The number of benzene rings is 3. The minimum absolute atomic E-state index is 0.0345. The van der Waals surface area contributed by atoms with E-state index >= 15 is 0 Å². The van der Waals surface area contributed by atoms with E-state index in [1.54, 1.807) is 18.2 Å². The third-order valence-electron chi connectivity index (χ3n) is 7.23. The topological polar surface area (TPSA) is 112 Å². The number of halogens is 3. The second-order valence-electron chi connectivity index (χ2n) is 10.4. The fourth-order valence-electron chi connectivity index (χ4n) is 4.90. The Morgan fingerprint density at radius 3 is 2.36 bits per heavy atom. The number of thiazole rings is 1. The smallest absolute Gasteiger partial charge is 0.321 e. The molecule has 0 spiro atoms. The maximum Gasteiger partial charge on any atom is 0.416 e. The molecule has 0 unspecified atom stereocenters. The molecule has 0 atom stereocenters. The SMILES string of the molecule is Cc1ccc(/C=c2/s/c(=C(\C#N)C(=O)Nc3cccc(S(=O)(=O)N4CCCCC4)c3)n(-c3cccc(C(F)(F)F)c3)c2=O)cc1. The lowest BCUT2D eigenvalue weighted by molar-refractivity contribution is -0.137. The molecule has 45 heavy (non-hydrogen) atoms. The van der Waals surface area contributed by atoms with Gasteiger partial charge in [-0.25, -0.2) is 8.42 Å². The maximum atomic E-state index is 13.7. The molecule has 1 saturated heterocycles. The van der Waals surface area contributed by atoms with E-state index in [-0.39, 0.29) is 25.5 Å². The van der Waals surface area contributed by atoms with Gasteiger partial charge in [0.05, 0.1) is 20.7 Å². The van der Waals surface area contributed by atoms with Gasteiger partial charge >= 0.3 is 6.18 Å². The number of piperidine rings is 1. The van der Waals surface area contributed by atoms with E-state index in [9.17, 15) is 36.4 Å². The number of rotatable bonds is 6. The van der Waals surface area contributed by atoms with Crippen molar-refractivity contribution in [1.29, 1.82) is 5.26 Å². The molecule has 2 heterocycles. The van der Waals surface area contributed by atoms with Crippen molar-refractivity contribution < 1.29 is 26.4 Å². The summed E-state index contributed by atoms with van der Waals surface area (Å²) in [6.07, 6.45) is -0.747. The maximum absolute atomic E-state index is 13.7. The van der Waals surface area contributed by atoms with Gasteiger partial charge in [-0.3, -0.25) is 14.2 Å². The first-order valence-corrected chi connectivity index (χ1v) is 16.2. The van der Waals surface area contributed by atoms with Crippen LogP contribution < -0.4 is 20.1 Å². The van der Waals surface area contributed by atoms with E-state index in [1.165, 1.54) is 40.7 Å². The van der Waals surface area contributed by atoms with Crippen LogP contribution in [0.1, 0.15) is 36.0 Å². The van der Waals surface area contributed by atoms with Crippen molar-refractivity contribution in [2.45, 2.75) is 37.3 Å². The molecule has 0 saturated carbocycles. The number of aromatic nitrogens is 1. The molecule has 5 rings (SSSR count). The number of carbonyl (C=O) groups excluding carboxylic acids is 1. The highest BCUT2D eigenvalue weighted by Gasteiger charge is 2.31. The zero-order valence-electron chi connectivity index (χ0n) is 24.0. The van der Waals surface area contributed by atoms with E-state index in [2.05, 4.69) is 5.32 Å². The van der Waals surface area contributed by atoms with Crippen molar-refractivity contribution in [2.24, 2.45) is 0 Å². The van der Waals surface area contributed by atoms with Crippen LogP contribution in [0, 0.1) is 18.3 Å². The molecule has 3 aromatic carbocycles. The van der Waals surface area contributed by atoms with E-state index in [1.807, 2.05) is 19.1 Å². The number of sulfonamides is 1. The molecule has 0 bridgehead atoms. The van der Waals surface area contributed by atoms with E-state index in [4.69, 9.17) is 0 Å². The zero-order valence-corrected chi connectivity index (χ0v) is 25.6. The summed E-state index contributed by atoms with van der Waals surface area (Å²) in [5, 5.41) is 12.6. The number of nitriles is 1. The van der Waals surface area contributed by atoms with Crippen molar-refractivity contribution in [3.8, 4) is 11.8 Å². The number of hydrogen-bond acceptors (Lipinski definition) is 6. The van der Waals surface area contributed by atoms with Gasteiger partial charge in [-0.2, -0.15) is 22.7 Å². The van der Waals surface area contributed by atoms with Gasteiger partial charge in [0.25, 0.3) is 11.5 Å². The number of amides is 1. The van der Waals surface area contributed by atoms with Gasteiger partial charge in [-0.1, -0.05) is 48.4 Å². The molecule has 1 amide bonds. The Labute approximate surface area is 261 Å². The highest BCUT2D eigenvalue weighted by Crippen LogP contribution is 2.30. The quantitative estimate of drug-likeness (QED) is 0.329. The molecule has 1 fully saturated rings. The molecule has 232 valence electrons. The van der Waals surface area contributed by atoms with Crippen molar-refractivity contribution in [3.63, 3.8) is 0 Å². The molecule has 1 N–H and O–H groups in total. The third kappa shape index (κ3) is 6.93. The monoisotopic (exact) mass is 652 g/mol. The van der Waals surface area contributed by atoms with Crippen LogP contribution in [0.25, 0.3) is 17.3 Å². The summed E-state index contributed by atoms with van der Waals surface area (Å²) in [6.45, 7) is 2.66. The first kappa shape index (κ1) is 31.9. The normalized spacial score (nSPS) is 15.4. The fraction of sp³-hybridized carbons (Fsp3) is 0.219. The van der Waals surface area contributed by atoms with Crippen molar-refractivity contribution in [1.82, 2.24) is 8.87 Å². The Morgan fingerprint density at radius 1 is 1.00 bits per heavy atom. The van der Waals surface area contributed by atoms with Crippen molar-refractivity contribution in [3.05, 3.63) is 109 Å². The molecule has 13 heteroatoms. The summed E-state index contributed by atoms with van der Waals surface area (Å²) >= 11 is 0.782. The highest BCUT2D eigenvalue weighted by atomic mass is 32.2. The number of aryl methyl sites for hydroxylation is 1. The Morgan fingerprint density at radius 2 is 1.69 bits per heavy atom. The van der Waals surface area contributed by atoms with Crippen molar-refractivity contribution >= 4 is 44.6 Å². The zero-order chi connectivity index (χ0) is 32.4. The van der Waals surface area contributed by atoms with Gasteiger partial charge < -0.3 is 5.32 Å². The number of nitrogens with zero attached hydrogens (tertiary/aromatic N) is 3. The van der Waals surface area contributed by atoms with Crippen LogP contribution in [0.2, 0.25) is 0 Å². The lowest BCUT2D eigenvalue weighted by Gasteiger charge is -2.26. The Hall–Kier alpha value is -4.51. The van der Waals surface area contributed by atoms with Crippen LogP contribution >= 0.6 is 11.3 Å². The Bertz CT molecular complexity index is 2090. The van der Waals surface area contributed by atoms with Gasteiger partial charge in [-0.05, 0) is 67.8 Å². The summed E-state index contributed by atoms with van der Waals surface area (Å²) < 4.78 is 69.3. The molecule has 0 radical (unpaired) electrons. The molecule has 1 aliphatic heterocycles. The van der Waals surface area contributed by atoms with Crippen LogP contribution in [0.4, 0.5) is 18.9 Å². The van der Waals surface area contributed by atoms with E-state index in [0.717, 1.165) is 58.9 Å². The summed E-state index contributed by atoms with van der Waals surface area (Å²) in [4.78, 5) is 27.1. The third-order valence-corrected chi connectivity index (χ3v) is 10.2. The van der Waals surface area contributed by atoms with Gasteiger partial charge in [0.1, 0.15) is 10.7 Å². The predicted octanol–water partition coefficient (Wildman–Crippen LogP) is 4.54. The highest BCUT2D eigenvalue weighted by molar-refractivity contribution is 7.89. The van der Waals surface area contributed by atoms with Gasteiger partial charge in [0.2, 0.25) is 10.0 Å². The lowest BCUT2D eigenvalue weighted by atomic mass is 10.1. The Kier molecular flexibility index (Phi) is 9.11. The van der Waals surface area contributed by atoms with Gasteiger partial charge in [0, 0.05) is 18.8 Å². The first-order chi connectivity index (χ1) is 21.4. The summed E-state index contributed by atoms with van der Waals surface area (Å²) in [6, 6.07) is 18.6. The van der Waals surface area contributed by atoms with Crippen molar-refractivity contribution in [2.75, 3.05) is 18.4 Å². The fourth-order valence-corrected chi connectivity index (χ4v) is 7.56. The van der Waals surface area contributed by atoms with Crippen LogP contribution in [-0.4, -0.2) is 36.3 Å². The summed E-state index contributed by atoms with van der Waals surface area (Å²) in [7, 11) is -3.82. The second kappa shape index (κ2) is 12.8. The molecule has 4 aromatic rings. The van der Waals surface area contributed by atoms with Gasteiger partial charge in [0.15, 0.2) is 5.57 Å². The average Bonchev–Trinajstić information content (AvgIpc) is 3.33. The van der Waals surface area contributed by atoms with Crippen LogP contribution in [0.5, 0.6) is 0 Å². The molecule has 1 aromatic heterocycles. The van der Waals surface area contributed by atoms with E-state index < -0.39 is 38.8 Å². The van der Waals surface area contributed by atoms with Crippen LogP contribution in [0.15, 0.2) is 82.5 Å². The number of alkyl halides is 3. The average molecular weight is 653 g/mol. The molecular weight excluding hydrogens is 626 g/mol. The molecular formula is C32H27F3N4O4S2. The molecule has 8 nitrogen and oxygen atoms in total. The Balaban J connectivity index is 1.63. The summed E-state index contributed by atoms with van der Waals surface area (Å²) in [5.41, 5.74) is -0.752. The minimum Gasteiger partial charge on any atom is -0.321 e.